The van der Waals surface area contributed by atoms with Crippen LogP contribution in [0.3, 0.4) is 0 Å². The van der Waals surface area contributed by atoms with Gasteiger partial charge in [0, 0.05) is 29.2 Å². The predicted octanol–water partition coefficient (Wildman–Crippen LogP) is 5.47. The van der Waals surface area contributed by atoms with E-state index in [9.17, 15) is 0 Å². The maximum atomic E-state index is 8.77. The third kappa shape index (κ3) is 10.7. The molecule has 0 fully saturated rings. The molecular formula is C28H35N6O4PS. The quantitative estimate of drug-likeness (QED) is 0.144. The van der Waals surface area contributed by atoms with Crippen molar-refractivity contribution in [3.63, 3.8) is 0 Å². The average Bonchev–Trinajstić information content (AvgIpc) is 3.38. The lowest BCUT2D eigenvalue weighted by atomic mass is 10.1. The molecule has 1 aromatic heterocycles. The zero-order valence-corrected chi connectivity index (χ0v) is 24.8. The smallest absolute Gasteiger partial charge is 0.262 e. The van der Waals surface area contributed by atoms with Gasteiger partial charge in [0.1, 0.15) is 12.2 Å². The number of anilines is 1. The van der Waals surface area contributed by atoms with Crippen LogP contribution < -0.4 is 9.79 Å². The SMILES string of the molecule is CCN(CC[N+](C)(C)Cc1ccccc1)c1cc(C)ccc1N=Nc1nc(-c2ccccc2)ns1.O=P([O-])(O)O. The molecule has 40 heavy (non-hydrogen) atoms. The minimum Gasteiger partial charge on any atom is -0.756 e. The van der Waals surface area contributed by atoms with E-state index >= 15 is 0 Å². The summed E-state index contributed by atoms with van der Waals surface area (Å²) >= 11 is 1.26. The van der Waals surface area contributed by atoms with Crippen LogP contribution in [-0.2, 0) is 11.1 Å². The van der Waals surface area contributed by atoms with Crippen molar-refractivity contribution in [1.29, 1.82) is 0 Å². The van der Waals surface area contributed by atoms with Crippen molar-refractivity contribution in [2.75, 3.05) is 38.6 Å². The molecule has 0 aliphatic rings. The molecule has 10 nitrogen and oxygen atoms in total. The molecule has 0 aliphatic carbocycles. The largest absolute Gasteiger partial charge is 0.756 e. The maximum absolute atomic E-state index is 8.77. The molecular weight excluding hydrogens is 547 g/mol. The van der Waals surface area contributed by atoms with Crippen LogP contribution in [0.1, 0.15) is 18.1 Å². The van der Waals surface area contributed by atoms with Crippen molar-refractivity contribution in [3.8, 4) is 11.4 Å². The Morgan fingerprint density at radius 3 is 2.25 bits per heavy atom. The number of rotatable bonds is 10. The van der Waals surface area contributed by atoms with Crippen LogP contribution in [0.4, 0.5) is 16.5 Å². The van der Waals surface area contributed by atoms with Crippen molar-refractivity contribution in [2.45, 2.75) is 20.4 Å². The summed E-state index contributed by atoms with van der Waals surface area (Å²) in [7, 11) is -0.311. The van der Waals surface area contributed by atoms with E-state index in [1.54, 1.807) is 0 Å². The van der Waals surface area contributed by atoms with E-state index in [2.05, 4.69) is 94.9 Å². The number of nitrogens with zero attached hydrogens (tertiary/aromatic N) is 6. The van der Waals surface area contributed by atoms with E-state index in [1.165, 1.54) is 22.7 Å². The highest BCUT2D eigenvalue weighted by molar-refractivity contribution is 7.43. The summed E-state index contributed by atoms with van der Waals surface area (Å²) < 4.78 is 14.1. The zero-order valence-electron chi connectivity index (χ0n) is 23.1. The summed E-state index contributed by atoms with van der Waals surface area (Å²) in [6.07, 6.45) is 0. The lowest BCUT2D eigenvalue weighted by molar-refractivity contribution is -0.902. The normalized spacial score (nSPS) is 11.8. The predicted molar refractivity (Wildman–Crippen MR) is 158 cm³/mol. The molecule has 0 spiro atoms. The number of aromatic nitrogens is 2. The number of hydrogen-bond donors (Lipinski definition) is 2. The number of azo groups is 1. The second-order valence-corrected chi connectivity index (χ2v) is 11.5. The topological polar surface area (TPSA) is 134 Å². The second kappa shape index (κ2) is 14.4. The first-order valence-electron chi connectivity index (χ1n) is 12.7. The minimum absolute atomic E-state index is 0.555. The first-order valence-corrected chi connectivity index (χ1v) is 15.0. The monoisotopic (exact) mass is 582 g/mol. The van der Waals surface area contributed by atoms with E-state index < -0.39 is 7.82 Å². The molecule has 0 saturated carbocycles. The van der Waals surface area contributed by atoms with Gasteiger partial charge in [-0.05, 0) is 31.5 Å². The first-order chi connectivity index (χ1) is 18.9. The van der Waals surface area contributed by atoms with Gasteiger partial charge in [0.25, 0.3) is 7.82 Å². The molecule has 0 bridgehead atoms. The van der Waals surface area contributed by atoms with E-state index in [1.807, 2.05) is 36.4 Å². The Hall–Kier alpha value is -3.31. The standard InChI is InChI=1S/C28H33N6S.H3O4P/c1-5-33(18-19-34(3,4)21-23-12-8-6-9-13-23)26-20-22(2)16-17-25(26)30-31-28-29-27(32-35-28)24-14-10-7-11-15-24;1-5(2,3)4/h6-17,20H,5,18-19,21H2,1-4H3;(H3,1,2,3,4)/q+1;/p-1. The Bertz CT molecular complexity index is 1420. The van der Waals surface area contributed by atoms with Gasteiger partial charge < -0.3 is 24.1 Å². The number of likely N-dealkylation sites (N-methyl/N-ethyl adjacent to an activating group) is 2. The summed E-state index contributed by atoms with van der Waals surface area (Å²) in [5.74, 6) is 0.683. The maximum Gasteiger partial charge on any atom is 0.262 e. The molecule has 1 heterocycles. The molecule has 0 unspecified atom stereocenters. The fourth-order valence-corrected chi connectivity index (χ4v) is 4.54. The van der Waals surface area contributed by atoms with Crippen LogP contribution in [0.15, 0.2) is 89.1 Å². The van der Waals surface area contributed by atoms with Gasteiger partial charge in [-0.15, -0.1) is 10.2 Å². The van der Waals surface area contributed by atoms with Crippen molar-refractivity contribution in [3.05, 3.63) is 90.0 Å². The number of quaternary nitrogens is 1. The molecule has 2 N–H and O–H groups in total. The lowest BCUT2D eigenvalue weighted by Gasteiger charge is -2.33. The number of benzene rings is 3. The van der Waals surface area contributed by atoms with Crippen LogP contribution in [0.2, 0.25) is 0 Å². The molecule has 3 aromatic carbocycles. The highest BCUT2D eigenvalue weighted by Gasteiger charge is 2.19. The van der Waals surface area contributed by atoms with Gasteiger partial charge in [0.05, 0.1) is 32.9 Å². The lowest BCUT2D eigenvalue weighted by Crippen LogP contribution is -2.45. The van der Waals surface area contributed by atoms with Crippen LogP contribution in [0.5, 0.6) is 0 Å². The Kier molecular flexibility index (Phi) is 11.2. The van der Waals surface area contributed by atoms with E-state index in [4.69, 9.17) is 19.2 Å². The molecule has 0 atom stereocenters. The van der Waals surface area contributed by atoms with Gasteiger partial charge in [0.15, 0.2) is 5.82 Å². The number of hydrogen-bond acceptors (Lipinski definition) is 8. The molecule has 0 radical (unpaired) electrons. The summed E-state index contributed by atoms with van der Waals surface area (Å²) in [6.45, 7) is 8.15. The minimum atomic E-state index is -4.89. The van der Waals surface area contributed by atoms with Gasteiger partial charge in [-0.3, -0.25) is 4.57 Å². The van der Waals surface area contributed by atoms with Gasteiger partial charge in [-0.1, -0.05) is 66.7 Å². The second-order valence-electron chi connectivity index (χ2n) is 9.83. The highest BCUT2D eigenvalue weighted by atomic mass is 32.1. The molecule has 0 amide bonds. The summed E-state index contributed by atoms with van der Waals surface area (Å²) in [6, 6.07) is 27.0. The summed E-state index contributed by atoms with van der Waals surface area (Å²) in [5, 5.41) is 9.58. The number of aryl methyl sites for hydroxylation is 1. The molecule has 0 saturated heterocycles. The Labute approximate surface area is 239 Å². The third-order valence-corrected chi connectivity index (χ3v) is 6.57. The van der Waals surface area contributed by atoms with E-state index in [-0.39, 0.29) is 0 Å². The van der Waals surface area contributed by atoms with E-state index in [0.717, 1.165) is 47.6 Å². The van der Waals surface area contributed by atoms with E-state index in [0.29, 0.717) is 11.0 Å². The third-order valence-electron chi connectivity index (χ3n) is 5.97. The summed E-state index contributed by atoms with van der Waals surface area (Å²) in [4.78, 5) is 29.9. The Balaban J connectivity index is 0.000000810. The van der Waals surface area contributed by atoms with Gasteiger partial charge in [0.2, 0.25) is 5.13 Å². The van der Waals surface area contributed by atoms with Crippen LogP contribution in [-0.4, -0.2) is 57.4 Å². The fraction of sp³-hybridized carbons (Fsp3) is 0.286. The van der Waals surface area contributed by atoms with Crippen molar-refractivity contribution >= 4 is 35.9 Å². The van der Waals surface area contributed by atoms with Crippen molar-refractivity contribution in [2.24, 2.45) is 10.2 Å². The zero-order chi connectivity index (χ0) is 29.2. The number of phosphoric acid groups is 1. The molecule has 0 aliphatic heterocycles. The van der Waals surface area contributed by atoms with Crippen LogP contribution in [0, 0.1) is 6.92 Å². The van der Waals surface area contributed by atoms with Crippen LogP contribution in [0.25, 0.3) is 11.4 Å². The summed E-state index contributed by atoms with van der Waals surface area (Å²) in [5.41, 5.74) is 5.50. The van der Waals surface area contributed by atoms with Crippen molar-refractivity contribution < 1.29 is 23.7 Å². The molecule has 12 heteroatoms. The molecule has 4 rings (SSSR count). The van der Waals surface area contributed by atoms with Crippen molar-refractivity contribution in [1.82, 2.24) is 9.36 Å². The molecule has 212 valence electrons. The van der Waals surface area contributed by atoms with Gasteiger partial charge in [-0.25, -0.2) is 0 Å². The Morgan fingerprint density at radius 2 is 1.62 bits per heavy atom. The Morgan fingerprint density at radius 1 is 1.00 bits per heavy atom. The molecule has 4 aromatic rings. The van der Waals surface area contributed by atoms with Gasteiger partial charge in [-0.2, -0.15) is 9.36 Å². The van der Waals surface area contributed by atoms with Gasteiger partial charge >= 0.3 is 0 Å². The average molecular weight is 583 g/mol. The van der Waals surface area contributed by atoms with Crippen LogP contribution >= 0.6 is 19.4 Å². The highest BCUT2D eigenvalue weighted by Crippen LogP contribution is 2.32. The first kappa shape index (κ1) is 31.2. The fourth-order valence-electron chi connectivity index (χ4n) is 4.03.